The highest BCUT2D eigenvalue weighted by atomic mass is 19.4. The number of hydrogen-bond donors (Lipinski definition) is 0. The second kappa shape index (κ2) is 6.80. The summed E-state index contributed by atoms with van der Waals surface area (Å²) >= 11 is 0. The van der Waals surface area contributed by atoms with E-state index in [2.05, 4.69) is 20.0 Å². The van der Waals surface area contributed by atoms with Gasteiger partial charge in [-0.3, -0.25) is 9.58 Å². The molecule has 0 saturated carbocycles. The standard InChI is InChI=1S/C18H19F3N6/c1-25-16-14(10-24-25)17(23-12-22-16)27-8-6-26(7-9-27)11-13-4-2-3-5-15(13)18(19,20)21/h2-5,10,12H,6-9,11H2,1H3. The molecule has 0 N–H and O–H groups in total. The molecule has 6 nitrogen and oxygen atoms in total. The van der Waals surface area contributed by atoms with E-state index >= 15 is 0 Å². The molecule has 0 amide bonds. The molecule has 0 unspecified atom stereocenters. The third-order valence-corrected chi connectivity index (χ3v) is 4.90. The zero-order valence-electron chi connectivity index (χ0n) is 14.8. The van der Waals surface area contributed by atoms with E-state index in [1.807, 2.05) is 11.9 Å². The molecule has 3 aromatic rings. The number of hydrogen-bond acceptors (Lipinski definition) is 5. The molecule has 1 aliphatic rings. The van der Waals surface area contributed by atoms with Crippen LogP contribution in [0, 0.1) is 0 Å². The van der Waals surface area contributed by atoms with E-state index < -0.39 is 11.7 Å². The first-order chi connectivity index (χ1) is 12.9. The molecule has 0 aliphatic carbocycles. The topological polar surface area (TPSA) is 50.1 Å². The third-order valence-electron chi connectivity index (χ3n) is 4.90. The highest BCUT2D eigenvalue weighted by molar-refractivity contribution is 5.86. The Balaban J connectivity index is 1.47. The van der Waals surface area contributed by atoms with Crippen LogP contribution in [0.25, 0.3) is 11.0 Å². The number of alkyl halides is 3. The van der Waals surface area contributed by atoms with E-state index in [9.17, 15) is 13.2 Å². The lowest BCUT2D eigenvalue weighted by Gasteiger charge is -2.35. The number of aryl methyl sites for hydroxylation is 1. The summed E-state index contributed by atoms with van der Waals surface area (Å²) in [6.07, 6.45) is -1.06. The maximum atomic E-state index is 13.2. The molecule has 3 heterocycles. The summed E-state index contributed by atoms with van der Waals surface area (Å²) < 4.78 is 41.3. The van der Waals surface area contributed by atoms with Crippen LogP contribution in [0.1, 0.15) is 11.1 Å². The van der Waals surface area contributed by atoms with Gasteiger partial charge in [0, 0.05) is 39.8 Å². The quantitative estimate of drug-likeness (QED) is 0.704. The minimum absolute atomic E-state index is 0.287. The summed E-state index contributed by atoms with van der Waals surface area (Å²) in [4.78, 5) is 12.8. The predicted octanol–water partition coefficient (Wildman–Crippen LogP) is 2.70. The first kappa shape index (κ1) is 17.7. The van der Waals surface area contributed by atoms with E-state index in [-0.39, 0.29) is 6.54 Å². The first-order valence-corrected chi connectivity index (χ1v) is 8.68. The second-order valence-corrected chi connectivity index (χ2v) is 6.62. The van der Waals surface area contributed by atoms with Gasteiger partial charge in [0.1, 0.15) is 12.1 Å². The van der Waals surface area contributed by atoms with Crippen LogP contribution in [-0.2, 0) is 19.8 Å². The van der Waals surface area contributed by atoms with Crippen LogP contribution < -0.4 is 4.90 Å². The average molecular weight is 376 g/mol. The SMILES string of the molecule is Cn1ncc2c(N3CCN(Cc4ccccc4C(F)(F)F)CC3)ncnc21. The van der Waals surface area contributed by atoms with Gasteiger partial charge < -0.3 is 4.90 Å². The number of benzene rings is 1. The van der Waals surface area contributed by atoms with Crippen LogP contribution in [0.5, 0.6) is 0 Å². The fraction of sp³-hybridized carbons (Fsp3) is 0.389. The molecule has 0 radical (unpaired) electrons. The van der Waals surface area contributed by atoms with Crippen molar-refractivity contribution in [3.63, 3.8) is 0 Å². The fourth-order valence-corrected chi connectivity index (χ4v) is 3.50. The number of piperazine rings is 1. The summed E-state index contributed by atoms with van der Waals surface area (Å²) in [6.45, 7) is 3.00. The zero-order valence-corrected chi connectivity index (χ0v) is 14.8. The van der Waals surface area contributed by atoms with Crippen molar-refractivity contribution in [2.75, 3.05) is 31.1 Å². The third kappa shape index (κ3) is 3.46. The highest BCUT2D eigenvalue weighted by Crippen LogP contribution is 2.32. The molecule has 1 fully saturated rings. The Labute approximate surface area is 154 Å². The molecule has 0 spiro atoms. The van der Waals surface area contributed by atoms with E-state index in [0.29, 0.717) is 31.7 Å². The van der Waals surface area contributed by atoms with Crippen molar-refractivity contribution >= 4 is 16.9 Å². The Morgan fingerprint density at radius 2 is 1.78 bits per heavy atom. The van der Waals surface area contributed by atoms with Crippen molar-refractivity contribution in [2.24, 2.45) is 7.05 Å². The van der Waals surface area contributed by atoms with Gasteiger partial charge in [0.15, 0.2) is 5.65 Å². The molecule has 1 saturated heterocycles. The van der Waals surface area contributed by atoms with Crippen LogP contribution in [0.15, 0.2) is 36.8 Å². The molecule has 1 aromatic carbocycles. The van der Waals surface area contributed by atoms with Crippen molar-refractivity contribution in [3.8, 4) is 0 Å². The number of rotatable bonds is 3. The van der Waals surface area contributed by atoms with Crippen molar-refractivity contribution in [3.05, 3.63) is 47.9 Å². The van der Waals surface area contributed by atoms with Gasteiger partial charge in [-0.25, -0.2) is 9.97 Å². The maximum absolute atomic E-state index is 13.2. The molecular weight excluding hydrogens is 357 g/mol. The molecule has 142 valence electrons. The van der Waals surface area contributed by atoms with Gasteiger partial charge in [0.25, 0.3) is 0 Å². The minimum atomic E-state index is -4.33. The smallest absolute Gasteiger partial charge is 0.353 e. The Hall–Kier alpha value is -2.68. The molecule has 9 heteroatoms. The van der Waals surface area contributed by atoms with E-state index in [1.165, 1.54) is 12.4 Å². The molecule has 1 aliphatic heterocycles. The van der Waals surface area contributed by atoms with Crippen LogP contribution in [0.4, 0.5) is 19.0 Å². The van der Waals surface area contributed by atoms with Crippen LogP contribution in [0.2, 0.25) is 0 Å². The summed E-state index contributed by atoms with van der Waals surface area (Å²) in [5.74, 6) is 0.823. The Morgan fingerprint density at radius 1 is 1.04 bits per heavy atom. The van der Waals surface area contributed by atoms with Gasteiger partial charge >= 0.3 is 6.18 Å². The first-order valence-electron chi connectivity index (χ1n) is 8.68. The number of nitrogens with zero attached hydrogens (tertiary/aromatic N) is 6. The van der Waals surface area contributed by atoms with Crippen LogP contribution in [0.3, 0.4) is 0 Å². The summed E-state index contributed by atoms with van der Waals surface area (Å²) in [7, 11) is 1.83. The summed E-state index contributed by atoms with van der Waals surface area (Å²) in [6, 6.07) is 5.78. The Morgan fingerprint density at radius 3 is 2.52 bits per heavy atom. The van der Waals surface area contributed by atoms with E-state index in [0.717, 1.165) is 22.9 Å². The van der Waals surface area contributed by atoms with Gasteiger partial charge in [-0.05, 0) is 11.6 Å². The van der Waals surface area contributed by atoms with Gasteiger partial charge in [-0.15, -0.1) is 0 Å². The zero-order chi connectivity index (χ0) is 19.0. The van der Waals surface area contributed by atoms with Gasteiger partial charge in [0.05, 0.1) is 17.1 Å². The summed E-state index contributed by atoms with van der Waals surface area (Å²) in [5, 5.41) is 5.11. The predicted molar refractivity (Wildman–Crippen MR) is 95.2 cm³/mol. The van der Waals surface area contributed by atoms with E-state index in [4.69, 9.17) is 0 Å². The van der Waals surface area contributed by atoms with Crippen molar-refractivity contribution in [1.29, 1.82) is 0 Å². The normalized spacial score (nSPS) is 16.2. The monoisotopic (exact) mass is 376 g/mol. The van der Waals surface area contributed by atoms with Crippen LogP contribution >= 0.6 is 0 Å². The van der Waals surface area contributed by atoms with Crippen molar-refractivity contribution in [1.82, 2.24) is 24.6 Å². The van der Waals surface area contributed by atoms with Crippen molar-refractivity contribution in [2.45, 2.75) is 12.7 Å². The molecular formula is C18H19F3N6. The minimum Gasteiger partial charge on any atom is -0.353 e. The molecule has 0 bridgehead atoms. The molecule has 0 atom stereocenters. The van der Waals surface area contributed by atoms with Gasteiger partial charge in [-0.2, -0.15) is 18.3 Å². The van der Waals surface area contributed by atoms with Crippen LogP contribution in [-0.4, -0.2) is 50.8 Å². The molecule has 2 aromatic heterocycles. The number of fused-ring (bicyclic) bond motifs is 1. The lowest BCUT2D eigenvalue weighted by Crippen LogP contribution is -2.46. The molecule has 4 rings (SSSR count). The second-order valence-electron chi connectivity index (χ2n) is 6.62. The number of halogens is 3. The maximum Gasteiger partial charge on any atom is 0.416 e. The lowest BCUT2D eigenvalue weighted by atomic mass is 10.1. The number of anilines is 1. The largest absolute Gasteiger partial charge is 0.416 e. The lowest BCUT2D eigenvalue weighted by molar-refractivity contribution is -0.138. The van der Waals surface area contributed by atoms with Crippen molar-refractivity contribution < 1.29 is 13.2 Å². The Bertz CT molecular complexity index is 944. The number of aromatic nitrogens is 4. The molecule has 27 heavy (non-hydrogen) atoms. The Kier molecular flexibility index (Phi) is 4.47. The fourth-order valence-electron chi connectivity index (χ4n) is 3.50. The van der Waals surface area contributed by atoms with E-state index in [1.54, 1.807) is 23.0 Å². The average Bonchev–Trinajstić information content (AvgIpc) is 3.03. The van der Waals surface area contributed by atoms with Gasteiger partial charge in [-0.1, -0.05) is 18.2 Å². The summed E-state index contributed by atoms with van der Waals surface area (Å²) in [5.41, 5.74) is 0.525. The van der Waals surface area contributed by atoms with Gasteiger partial charge in [0.2, 0.25) is 0 Å². The highest BCUT2D eigenvalue weighted by Gasteiger charge is 2.33.